The minimum atomic E-state index is -0.442. The van der Waals surface area contributed by atoms with Crippen molar-refractivity contribution in [1.82, 2.24) is 15.1 Å². The van der Waals surface area contributed by atoms with E-state index in [1.165, 1.54) is 0 Å². The van der Waals surface area contributed by atoms with Crippen LogP contribution in [0.1, 0.15) is 58.7 Å². The van der Waals surface area contributed by atoms with Gasteiger partial charge in [-0.15, -0.1) is 0 Å². The quantitative estimate of drug-likeness (QED) is 0.771. The minimum absolute atomic E-state index is 0.244. The third kappa shape index (κ3) is 4.35. The molecule has 1 rings (SSSR count). The molecule has 0 aliphatic heterocycles. The Kier molecular flexibility index (Phi) is 6.02. The zero-order chi connectivity index (χ0) is 14.4. The van der Waals surface area contributed by atoms with E-state index in [0.29, 0.717) is 6.61 Å². The second-order valence-electron chi connectivity index (χ2n) is 5.01. The van der Waals surface area contributed by atoms with Gasteiger partial charge in [0.25, 0.3) is 0 Å². The summed E-state index contributed by atoms with van der Waals surface area (Å²) in [5.41, 5.74) is 0.854. The van der Waals surface area contributed by atoms with Crippen molar-refractivity contribution in [3.8, 4) is 0 Å². The van der Waals surface area contributed by atoms with Crippen LogP contribution in [0.2, 0.25) is 0 Å². The molecule has 0 spiro atoms. The van der Waals surface area contributed by atoms with Crippen molar-refractivity contribution < 1.29 is 9.53 Å². The van der Waals surface area contributed by atoms with Crippen LogP contribution in [-0.2, 0) is 9.53 Å². The summed E-state index contributed by atoms with van der Waals surface area (Å²) < 4.78 is 6.98. The van der Waals surface area contributed by atoms with E-state index in [9.17, 15) is 4.79 Å². The van der Waals surface area contributed by atoms with Crippen molar-refractivity contribution in [3.63, 3.8) is 0 Å². The van der Waals surface area contributed by atoms with E-state index in [2.05, 4.69) is 38.1 Å². The van der Waals surface area contributed by atoms with Gasteiger partial charge in [0.1, 0.15) is 6.04 Å². The molecule has 0 saturated carbocycles. The molecular formula is C14H25N3O2. The number of aromatic nitrogens is 2. The van der Waals surface area contributed by atoms with Crippen molar-refractivity contribution in [3.05, 3.63) is 18.0 Å². The van der Waals surface area contributed by atoms with Crippen molar-refractivity contribution in [2.24, 2.45) is 0 Å². The number of carbonyl (C=O) groups is 1. The Morgan fingerprint density at radius 3 is 2.58 bits per heavy atom. The molecule has 108 valence electrons. The number of nitrogens with zero attached hydrogens (tertiary/aromatic N) is 2. The molecule has 0 amide bonds. The van der Waals surface area contributed by atoms with Gasteiger partial charge < -0.3 is 4.74 Å². The summed E-state index contributed by atoms with van der Waals surface area (Å²) >= 11 is 0. The summed E-state index contributed by atoms with van der Waals surface area (Å²) in [5, 5.41) is 7.57. The van der Waals surface area contributed by atoms with Crippen molar-refractivity contribution >= 4 is 5.97 Å². The predicted molar refractivity (Wildman–Crippen MR) is 74.9 cm³/mol. The summed E-state index contributed by atoms with van der Waals surface area (Å²) in [6.07, 6.45) is 4.59. The number of esters is 1. The lowest BCUT2D eigenvalue weighted by Gasteiger charge is -2.20. The summed E-state index contributed by atoms with van der Waals surface area (Å²) in [6, 6.07) is 0.0828. The minimum Gasteiger partial charge on any atom is -0.465 e. The zero-order valence-electron chi connectivity index (χ0n) is 12.5. The molecule has 1 heterocycles. The molecule has 1 N–H and O–H groups in total. The van der Waals surface area contributed by atoms with E-state index in [-0.39, 0.29) is 18.1 Å². The standard InChI is InChI=1S/C14H25N3O2/c1-6-11(5)16-13(14(18)19-7-2)12-8-15-17(9-12)10(3)4/h8-11,13,16H,6-7H2,1-5H3. The Morgan fingerprint density at radius 1 is 1.42 bits per heavy atom. The Hall–Kier alpha value is -1.36. The van der Waals surface area contributed by atoms with E-state index in [4.69, 9.17) is 4.74 Å². The SMILES string of the molecule is CCOC(=O)C(NC(C)CC)c1cnn(C(C)C)c1. The van der Waals surface area contributed by atoms with E-state index >= 15 is 0 Å². The Bertz CT molecular complexity index is 401. The lowest BCUT2D eigenvalue weighted by molar-refractivity contribution is -0.146. The zero-order valence-corrected chi connectivity index (χ0v) is 12.5. The van der Waals surface area contributed by atoms with Crippen LogP contribution in [0.15, 0.2) is 12.4 Å². The van der Waals surface area contributed by atoms with Crippen LogP contribution in [-0.4, -0.2) is 28.4 Å². The van der Waals surface area contributed by atoms with E-state index in [0.717, 1.165) is 12.0 Å². The Labute approximate surface area is 115 Å². The van der Waals surface area contributed by atoms with Crippen LogP contribution in [0.5, 0.6) is 0 Å². The van der Waals surface area contributed by atoms with Gasteiger partial charge >= 0.3 is 5.97 Å². The number of nitrogens with one attached hydrogen (secondary N) is 1. The van der Waals surface area contributed by atoms with Gasteiger partial charge in [-0.25, -0.2) is 4.79 Å². The first kappa shape index (κ1) is 15.7. The number of rotatable bonds is 7. The molecule has 0 aliphatic carbocycles. The molecular weight excluding hydrogens is 242 g/mol. The first-order valence-electron chi connectivity index (χ1n) is 6.96. The summed E-state index contributed by atoms with van der Waals surface area (Å²) in [4.78, 5) is 12.1. The van der Waals surface area contributed by atoms with Crippen LogP contribution in [0, 0.1) is 0 Å². The maximum atomic E-state index is 12.1. The van der Waals surface area contributed by atoms with Gasteiger partial charge in [0.05, 0.1) is 12.8 Å². The fourth-order valence-corrected chi connectivity index (χ4v) is 1.71. The van der Waals surface area contributed by atoms with Crippen LogP contribution in [0.3, 0.4) is 0 Å². The Balaban J connectivity index is 2.90. The third-order valence-corrected chi connectivity index (χ3v) is 3.07. The second kappa shape index (κ2) is 7.28. The molecule has 0 aliphatic rings. The number of hydrogen-bond acceptors (Lipinski definition) is 4. The van der Waals surface area contributed by atoms with Gasteiger partial charge in [-0.2, -0.15) is 5.10 Å². The number of ether oxygens (including phenoxy) is 1. The van der Waals surface area contributed by atoms with Gasteiger partial charge in [-0.3, -0.25) is 10.00 Å². The smallest absolute Gasteiger partial charge is 0.327 e. The van der Waals surface area contributed by atoms with E-state index in [1.54, 1.807) is 6.20 Å². The van der Waals surface area contributed by atoms with Crippen LogP contribution < -0.4 is 5.32 Å². The molecule has 0 fully saturated rings. The summed E-state index contributed by atoms with van der Waals surface area (Å²) in [6.45, 7) is 10.4. The molecule has 19 heavy (non-hydrogen) atoms. The largest absolute Gasteiger partial charge is 0.465 e. The highest BCUT2D eigenvalue weighted by molar-refractivity contribution is 5.77. The van der Waals surface area contributed by atoms with Gasteiger partial charge in [0, 0.05) is 23.8 Å². The summed E-state index contributed by atoms with van der Waals surface area (Å²) in [7, 11) is 0. The molecule has 0 radical (unpaired) electrons. The molecule has 5 nitrogen and oxygen atoms in total. The molecule has 0 aromatic carbocycles. The molecule has 0 bridgehead atoms. The topological polar surface area (TPSA) is 56.1 Å². The first-order valence-corrected chi connectivity index (χ1v) is 6.96. The molecule has 1 aromatic heterocycles. The summed E-state index contributed by atoms with van der Waals surface area (Å²) in [5.74, 6) is -0.244. The van der Waals surface area contributed by atoms with Crippen LogP contribution in [0.25, 0.3) is 0 Å². The molecule has 2 atom stereocenters. The van der Waals surface area contributed by atoms with Crippen molar-refractivity contribution in [2.45, 2.75) is 59.2 Å². The monoisotopic (exact) mass is 267 g/mol. The molecule has 5 heteroatoms. The van der Waals surface area contributed by atoms with Gasteiger partial charge in [0.15, 0.2) is 0 Å². The average Bonchev–Trinajstić information content (AvgIpc) is 2.85. The van der Waals surface area contributed by atoms with Gasteiger partial charge in [-0.05, 0) is 34.1 Å². The fourth-order valence-electron chi connectivity index (χ4n) is 1.71. The number of hydrogen-bond donors (Lipinski definition) is 1. The highest BCUT2D eigenvalue weighted by Gasteiger charge is 2.24. The van der Waals surface area contributed by atoms with Gasteiger partial charge in [-0.1, -0.05) is 6.92 Å². The highest BCUT2D eigenvalue weighted by Crippen LogP contribution is 2.17. The van der Waals surface area contributed by atoms with Crippen LogP contribution >= 0.6 is 0 Å². The van der Waals surface area contributed by atoms with E-state index in [1.807, 2.05) is 17.8 Å². The first-order chi connectivity index (χ1) is 8.99. The van der Waals surface area contributed by atoms with Crippen LogP contribution in [0.4, 0.5) is 0 Å². The normalized spacial score (nSPS) is 14.4. The fraction of sp³-hybridized carbons (Fsp3) is 0.714. The lowest BCUT2D eigenvalue weighted by atomic mass is 10.1. The molecule has 2 unspecified atom stereocenters. The highest BCUT2D eigenvalue weighted by atomic mass is 16.5. The maximum absolute atomic E-state index is 12.1. The number of carbonyl (C=O) groups excluding carboxylic acids is 1. The Morgan fingerprint density at radius 2 is 2.11 bits per heavy atom. The molecule has 0 saturated heterocycles. The average molecular weight is 267 g/mol. The lowest BCUT2D eigenvalue weighted by Crippen LogP contribution is -2.35. The maximum Gasteiger partial charge on any atom is 0.327 e. The van der Waals surface area contributed by atoms with Crippen molar-refractivity contribution in [2.75, 3.05) is 6.61 Å². The predicted octanol–water partition coefficient (Wildman–Crippen LogP) is 2.46. The van der Waals surface area contributed by atoms with Crippen molar-refractivity contribution in [1.29, 1.82) is 0 Å². The second-order valence-corrected chi connectivity index (χ2v) is 5.01. The van der Waals surface area contributed by atoms with Gasteiger partial charge in [0.2, 0.25) is 0 Å². The van der Waals surface area contributed by atoms with E-state index < -0.39 is 6.04 Å². The third-order valence-electron chi connectivity index (χ3n) is 3.07. The molecule has 1 aromatic rings.